The number of benzene rings is 1. The lowest BCUT2D eigenvalue weighted by molar-refractivity contribution is -0.117. The number of aromatic nitrogens is 1. The Labute approximate surface area is 189 Å². The van der Waals surface area contributed by atoms with Gasteiger partial charge in [0.1, 0.15) is 0 Å². The van der Waals surface area contributed by atoms with Crippen molar-refractivity contribution in [2.45, 2.75) is 13.0 Å². The minimum atomic E-state index is -0.0286. The van der Waals surface area contributed by atoms with Crippen LogP contribution in [0.5, 0.6) is 0 Å². The summed E-state index contributed by atoms with van der Waals surface area (Å²) in [5.74, 6) is 0.591. The zero-order valence-corrected chi connectivity index (χ0v) is 19.0. The van der Waals surface area contributed by atoms with E-state index in [2.05, 4.69) is 34.2 Å². The molecule has 0 aliphatic carbocycles. The van der Waals surface area contributed by atoms with Gasteiger partial charge in [-0.3, -0.25) is 14.5 Å². The fraction of sp³-hybridized carbons (Fsp3) is 0.458. The van der Waals surface area contributed by atoms with Gasteiger partial charge in [0.15, 0.2) is 5.82 Å². The molecule has 0 spiro atoms. The Morgan fingerprint density at radius 3 is 2.59 bits per heavy atom. The van der Waals surface area contributed by atoms with Gasteiger partial charge in [-0.15, -0.1) is 0 Å². The average molecular weight is 437 g/mol. The number of piperazine rings is 1. The van der Waals surface area contributed by atoms with E-state index in [-0.39, 0.29) is 18.4 Å². The molecule has 4 rings (SSSR count). The second kappa shape index (κ2) is 10.1. The highest BCUT2D eigenvalue weighted by atomic mass is 16.2. The molecule has 0 bridgehead atoms. The quantitative estimate of drug-likeness (QED) is 0.713. The maximum Gasteiger partial charge on any atom is 0.255 e. The van der Waals surface area contributed by atoms with Crippen LogP contribution < -0.4 is 10.2 Å². The first-order valence-electron chi connectivity index (χ1n) is 11.3. The van der Waals surface area contributed by atoms with Crippen molar-refractivity contribution in [2.75, 3.05) is 70.1 Å². The molecule has 1 N–H and O–H groups in total. The van der Waals surface area contributed by atoms with E-state index in [1.807, 2.05) is 35.2 Å². The number of nitrogens with zero attached hydrogens (tertiary/aromatic N) is 5. The van der Waals surface area contributed by atoms with Crippen LogP contribution in [0.25, 0.3) is 0 Å². The number of hydrogen-bond donors (Lipinski definition) is 1. The summed E-state index contributed by atoms with van der Waals surface area (Å²) in [6.45, 7) is 5.99. The van der Waals surface area contributed by atoms with Crippen molar-refractivity contribution in [3.63, 3.8) is 0 Å². The van der Waals surface area contributed by atoms with Crippen LogP contribution in [-0.2, 0) is 11.3 Å². The van der Waals surface area contributed by atoms with Gasteiger partial charge in [-0.05, 0) is 45.2 Å². The van der Waals surface area contributed by atoms with Crippen molar-refractivity contribution in [1.82, 2.24) is 19.7 Å². The zero-order valence-electron chi connectivity index (χ0n) is 19.0. The summed E-state index contributed by atoms with van der Waals surface area (Å²) in [5.41, 5.74) is 2.23. The molecule has 2 aliphatic rings. The number of anilines is 2. The molecule has 8 nitrogen and oxygen atoms in total. The van der Waals surface area contributed by atoms with Crippen molar-refractivity contribution in [2.24, 2.45) is 0 Å². The summed E-state index contributed by atoms with van der Waals surface area (Å²) in [6, 6.07) is 11.7. The first-order valence-corrected chi connectivity index (χ1v) is 11.3. The molecule has 1 aromatic heterocycles. The van der Waals surface area contributed by atoms with Crippen LogP contribution in [0.15, 0.2) is 42.6 Å². The van der Waals surface area contributed by atoms with Gasteiger partial charge < -0.3 is 20.0 Å². The molecule has 32 heavy (non-hydrogen) atoms. The summed E-state index contributed by atoms with van der Waals surface area (Å²) in [7, 11) is 4.18. The van der Waals surface area contributed by atoms with Crippen LogP contribution >= 0.6 is 0 Å². The van der Waals surface area contributed by atoms with Crippen LogP contribution in [0.3, 0.4) is 0 Å². The maximum absolute atomic E-state index is 13.2. The summed E-state index contributed by atoms with van der Waals surface area (Å²) < 4.78 is 0. The smallest absolute Gasteiger partial charge is 0.255 e. The molecular formula is C24H32N6O2. The monoisotopic (exact) mass is 436 g/mol. The highest BCUT2D eigenvalue weighted by molar-refractivity contribution is 6.04. The van der Waals surface area contributed by atoms with Crippen LogP contribution in [-0.4, -0.2) is 91.4 Å². The number of fused-ring (bicyclic) bond motifs is 1. The molecule has 2 aromatic rings. The molecule has 8 heteroatoms. The predicted molar refractivity (Wildman–Crippen MR) is 126 cm³/mol. The van der Waals surface area contributed by atoms with Crippen LogP contribution in [0, 0.1) is 0 Å². The van der Waals surface area contributed by atoms with Crippen molar-refractivity contribution < 1.29 is 9.59 Å². The molecule has 0 saturated carbocycles. The lowest BCUT2D eigenvalue weighted by Gasteiger charge is -2.35. The number of nitrogens with one attached hydrogen (secondary N) is 1. The van der Waals surface area contributed by atoms with E-state index in [0.29, 0.717) is 36.7 Å². The molecule has 2 amide bonds. The fourth-order valence-electron chi connectivity index (χ4n) is 4.21. The lowest BCUT2D eigenvalue weighted by atomic mass is 10.1. The van der Waals surface area contributed by atoms with Gasteiger partial charge >= 0.3 is 0 Å². The molecule has 0 unspecified atom stereocenters. The Morgan fingerprint density at radius 1 is 1.12 bits per heavy atom. The van der Waals surface area contributed by atoms with Gasteiger partial charge in [-0.25, -0.2) is 4.98 Å². The second-order valence-corrected chi connectivity index (χ2v) is 8.70. The average Bonchev–Trinajstić information content (AvgIpc) is 2.81. The van der Waals surface area contributed by atoms with E-state index in [9.17, 15) is 9.59 Å². The number of pyridine rings is 1. The van der Waals surface area contributed by atoms with Crippen LogP contribution in [0.1, 0.15) is 22.3 Å². The van der Waals surface area contributed by atoms with Gasteiger partial charge in [0, 0.05) is 32.4 Å². The van der Waals surface area contributed by atoms with Crippen LogP contribution in [0.2, 0.25) is 0 Å². The first-order chi connectivity index (χ1) is 15.5. The second-order valence-electron chi connectivity index (χ2n) is 8.70. The van der Waals surface area contributed by atoms with E-state index in [4.69, 9.17) is 0 Å². The summed E-state index contributed by atoms with van der Waals surface area (Å²) in [5, 5.41) is 3.07. The number of amides is 2. The maximum atomic E-state index is 13.2. The SMILES string of the molecule is CN(C)CCCN1CCN(C(=O)c2cnc3c(c2)N(Cc2ccccc2)C(=O)CN3)CC1. The minimum absolute atomic E-state index is 0.0223. The number of carbonyl (C=O) groups is 2. The molecule has 1 aromatic carbocycles. The van der Waals surface area contributed by atoms with Crippen molar-refractivity contribution in [3.8, 4) is 0 Å². The molecular weight excluding hydrogens is 404 g/mol. The molecule has 2 aliphatic heterocycles. The van der Waals surface area contributed by atoms with E-state index < -0.39 is 0 Å². The van der Waals surface area contributed by atoms with E-state index in [1.165, 1.54) is 0 Å². The largest absolute Gasteiger partial charge is 0.359 e. The molecule has 170 valence electrons. The third-order valence-electron chi connectivity index (χ3n) is 6.04. The highest BCUT2D eigenvalue weighted by Crippen LogP contribution is 2.30. The molecule has 0 atom stereocenters. The Hall–Kier alpha value is -2.97. The van der Waals surface area contributed by atoms with Crippen molar-refractivity contribution >= 4 is 23.3 Å². The minimum Gasteiger partial charge on any atom is -0.359 e. The molecule has 3 heterocycles. The highest BCUT2D eigenvalue weighted by Gasteiger charge is 2.28. The number of rotatable bonds is 7. The molecule has 0 radical (unpaired) electrons. The molecule has 1 saturated heterocycles. The van der Waals surface area contributed by atoms with E-state index in [1.54, 1.807) is 17.2 Å². The van der Waals surface area contributed by atoms with Gasteiger partial charge in [0.25, 0.3) is 5.91 Å². The van der Waals surface area contributed by atoms with E-state index >= 15 is 0 Å². The topological polar surface area (TPSA) is 72.0 Å². The van der Waals surface area contributed by atoms with E-state index in [0.717, 1.165) is 38.2 Å². The van der Waals surface area contributed by atoms with Crippen molar-refractivity contribution in [3.05, 3.63) is 53.7 Å². The third-order valence-corrected chi connectivity index (χ3v) is 6.04. The lowest BCUT2D eigenvalue weighted by Crippen LogP contribution is -2.49. The number of hydrogen-bond acceptors (Lipinski definition) is 6. The predicted octanol–water partition coefficient (Wildman–Crippen LogP) is 1.75. The summed E-state index contributed by atoms with van der Waals surface area (Å²) in [6.07, 6.45) is 2.75. The van der Waals surface area contributed by atoms with Gasteiger partial charge in [-0.1, -0.05) is 30.3 Å². The third kappa shape index (κ3) is 5.26. The summed E-state index contributed by atoms with van der Waals surface area (Å²) >= 11 is 0. The Balaban J connectivity index is 1.43. The fourth-order valence-corrected chi connectivity index (χ4v) is 4.21. The molecule has 1 fully saturated rings. The number of carbonyl (C=O) groups excluding carboxylic acids is 2. The standard InChI is InChI=1S/C24H32N6O2/c1-27(2)9-6-10-28-11-13-29(14-12-28)24(32)20-15-21-23(25-16-20)26-17-22(31)30(21)18-19-7-4-3-5-8-19/h3-5,7-8,15-16H,6,9-14,17-18H2,1-2H3,(H,25,26). The summed E-state index contributed by atoms with van der Waals surface area (Å²) in [4.78, 5) is 38.5. The van der Waals surface area contributed by atoms with Crippen LogP contribution in [0.4, 0.5) is 11.5 Å². The van der Waals surface area contributed by atoms with Gasteiger partial charge in [-0.2, -0.15) is 0 Å². The van der Waals surface area contributed by atoms with Gasteiger partial charge in [0.05, 0.1) is 24.3 Å². The normalized spacial score (nSPS) is 16.8. The Bertz CT molecular complexity index is 941. The zero-order chi connectivity index (χ0) is 22.5. The first kappa shape index (κ1) is 22.2. The Kier molecular flexibility index (Phi) is 7.02. The van der Waals surface area contributed by atoms with Gasteiger partial charge in [0.2, 0.25) is 5.91 Å². The van der Waals surface area contributed by atoms with Crippen molar-refractivity contribution in [1.29, 1.82) is 0 Å². The Morgan fingerprint density at radius 2 is 1.88 bits per heavy atom.